The average molecular weight is 669 g/mol. The van der Waals surface area contributed by atoms with Gasteiger partial charge in [0.1, 0.15) is 0 Å². The second kappa shape index (κ2) is 12.0. The third-order valence-electron chi connectivity index (χ3n) is 11.0. The lowest BCUT2D eigenvalue weighted by Crippen LogP contribution is -2.74. The Morgan fingerprint density at radius 1 is 0.451 bits per heavy atom. The Labute approximate surface area is 300 Å². The Balaban J connectivity index is 1.26. The summed E-state index contributed by atoms with van der Waals surface area (Å²) in [5.41, 5.74) is 6.44. The van der Waals surface area contributed by atoms with E-state index < -0.39 is 8.07 Å². The van der Waals surface area contributed by atoms with E-state index in [0.29, 0.717) is 5.56 Å². The van der Waals surface area contributed by atoms with Crippen LogP contribution < -0.4 is 25.6 Å². The first-order valence-electron chi connectivity index (χ1n) is 17.6. The van der Waals surface area contributed by atoms with Gasteiger partial charge in [0.05, 0.1) is 11.6 Å². The van der Waals surface area contributed by atoms with Crippen LogP contribution in [0.5, 0.6) is 0 Å². The van der Waals surface area contributed by atoms with Gasteiger partial charge in [0.2, 0.25) is 0 Å². The fourth-order valence-electron chi connectivity index (χ4n) is 8.57. The van der Waals surface area contributed by atoms with Crippen LogP contribution in [-0.4, -0.2) is 8.07 Å². The Bertz CT molecular complexity index is 2490. The molecule has 0 heterocycles. The maximum Gasteiger partial charge on any atom is 0.179 e. The summed E-state index contributed by atoms with van der Waals surface area (Å²) in [6.45, 7) is 4.70. The highest BCUT2D eigenvalue weighted by atomic mass is 28.3. The van der Waals surface area contributed by atoms with Crippen LogP contribution in [-0.2, 0) is 5.41 Å². The highest BCUT2D eigenvalue weighted by Crippen LogP contribution is 2.51. The monoisotopic (exact) mass is 668 g/mol. The second-order valence-corrected chi connectivity index (χ2v) is 17.9. The van der Waals surface area contributed by atoms with Gasteiger partial charge in [-0.2, -0.15) is 5.26 Å². The van der Waals surface area contributed by atoms with Gasteiger partial charge in [0, 0.05) is 22.5 Å². The number of rotatable bonds is 7. The predicted octanol–water partition coefficient (Wildman–Crippen LogP) is 9.35. The molecule has 2 nitrogen and oxygen atoms in total. The minimum atomic E-state index is -2.67. The van der Waals surface area contributed by atoms with Crippen LogP contribution in [0.1, 0.15) is 30.5 Å². The van der Waals surface area contributed by atoms with Crippen molar-refractivity contribution in [2.45, 2.75) is 19.3 Å². The zero-order valence-corrected chi connectivity index (χ0v) is 29.7. The third kappa shape index (κ3) is 4.76. The maximum atomic E-state index is 9.65. The van der Waals surface area contributed by atoms with Gasteiger partial charge in [-0.1, -0.05) is 147 Å². The standard InChI is InChI=1S/C48H36N2Si/c1-48(2)44-20-12-13-35-23-24-36-31-39(32-45(48)47(36)46(35)44)50(37-25-21-34(33-49)22-26-37)38-27-29-43(30-28-38)51(40-14-6-3-7-15-40,41-16-8-4-9-17-41)42-18-10-5-11-19-42/h3-32H,1-2H3. The van der Waals surface area contributed by atoms with Crippen LogP contribution >= 0.6 is 0 Å². The van der Waals surface area contributed by atoms with E-state index in [-0.39, 0.29) is 5.41 Å². The van der Waals surface area contributed by atoms with E-state index in [9.17, 15) is 5.26 Å². The molecule has 8 aromatic rings. The summed E-state index contributed by atoms with van der Waals surface area (Å²) in [7, 11) is -2.67. The Morgan fingerprint density at radius 3 is 1.49 bits per heavy atom. The minimum absolute atomic E-state index is 0.135. The Kier molecular flexibility index (Phi) is 7.24. The average Bonchev–Trinajstić information content (AvgIpc) is 3.43. The summed E-state index contributed by atoms with van der Waals surface area (Å²) in [6.07, 6.45) is 0. The van der Waals surface area contributed by atoms with Crippen molar-refractivity contribution < 1.29 is 0 Å². The number of anilines is 3. The quantitative estimate of drug-likeness (QED) is 0.0962. The molecule has 0 fully saturated rings. The Hall–Kier alpha value is -6.21. The lowest BCUT2D eigenvalue weighted by atomic mass is 9.81. The van der Waals surface area contributed by atoms with Gasteiger partial charge in [-0.3, -0.25) is 0 Å². The van der Waals surface area contributed by atoms with E-state index in [1.807, 2.05) is 12.1 Å². The normalized spacial score (nSPS) is 13.0. The molecule has 0 saturated carbocycles. The number of hydrogen-bond donors (Lipinski definition) is 0. The number of benzene rings is 8. The van der Waals surface area contributed by atoms with Gasteiger partial charge < -0.3 is 4.90 Å². The SMILES string of the molecule is CC1(C)c2cccc3ccc4cc(N(c5ccc(C#N)cc5)c5ccc([Si](c6ccccc6)(c6ccccc6)c6ccccc6)cc5)cc1c4c23. The van der Waals surface area contributed by atoms with Gasteiger partial charge in [0.25, 0.3) is 0 Å². The van der Waals surface area contributed by atoms with Gasteiger partial charge in [-0.15, -0.1) is 0 Å². The largest absolute Gasteiger partial charge is 0.310 e. The molecule has 0 saturated heterocycles. The summed E-state index contributed by atoms with van der Waals surface area (Å²) in [6, 6.07) is 68.7. The molecule has 51 heavy (non-hydrogen) atoms. The molecule has 1 aliphatic rings. The molecule has 0 unspecified atom stereocenters. The van der Waals surface area contributed by atoms with Crippen molar-refractivity contribution in [3.63, 3.8) is 0 Å². The molecule has 0 amide bonds. The fraction of sp³-hybridized carbons (Fsp3) is 0.0625. The highest BCUT2D eigenvalue weighted by molar-refractivity contribution is 7.19. The van der Waals surface area contributed by atoms with E-state index in [0.717, 1.165) is 17.1 Å². The van der Waals surface area contributed by atoms with Crippen LogP contribution in [0.4, 0.5) is 17.1 Å². The molecule has 0 aliphatic heterocycles. The van der Waals surface area contributed by atoms with Crippen LogP contribution in [0.15, 0.2) is 182 Å². The molecule has 1 aliphatic carbocycles. The first-order valence-corrected chi connectivity index (χ1v) is 19.6. The van der Waals surface area contributed by atoms with E-state index in [1.165, 1.54) is 53.4 Å². The number of hydrogen-bond acceptors (Lipinski definition) is 2. The fourth-order valence-corrected chi connectivity index (χ4v) is 13.3. The topological polar surface area (TPSA) is 27.0 Å². The molecular formula is C48H36N2Si. The summed E-state index contributed by atoms with van der Waals surface area (Å²) in [4.78, 5) is 2.35. The van der Waals surface area contributed by atoms with E-state index in [1.54, 1.807) is 0 Å². The zero-order chi connectivity index (χ0) is 34.6. The van der Waals surface area contributed by atoms with E-state index in [4.69, 9.17) is 0 Å². The first kappa shape index (κ1) is 30.8. The van der Waals surface area contributed by atoms with E-state index in [2.05, 4.69) is 195 Å². The molecule has 0 atom stereocenters. The van der Waals surface area contributed by atoms with Crippen LogP contribution in [0.25, 0.3) is 21.5 Å². The summed E-state index contributed by atoms with van der Waals surface area (Å²) in [5, 5.41) is 20.3. The molecule has 0 radical (unpaired) electrons. The highest BCUT2D eigenvalue weighted by Gasteiger charge is 2.41. The van der Waals surface area contributed by atoms with Crippen molar-refractivity contribution >= 4 is 67.4 Å². The summed E-state index contributed by atoms with van der Waals surface area (Å²) >= 11 is 0. The molecular weight excluding hydrogens is 633 g/mol. The van der Waals surface area contributed by atoms with Crippen LogP contribution in [0.3, 0.4) is 0 Å². The first-order chi connectivity index (χ1) is 25.0. The van der Waals surface area contributed by atoms with Crippen molar-refractivity contribution in [1.82, 2.24) is 0 Å². The van der Waals surface area contributed by atoms with E-state index >= 15 is 0 Å². The summed E-state index contributed by atoms with van der Waals surface area (Å²) < 4.78 is 0. The second-order valence-electron chi connectivity index (χ2n) is 14.1. The number of nitrogens with zero attached hydrogens (tertiary/aromatic N) is 2. The lowest BCUT2D eigenvalue weighted by Gasteiger charge is -2.35. The molecule has 242 valence electrons. The molecule has 0 bridgehead atoms. The zero-order valence-electron chi connectivity index (χ0n) is 28.7. The van der Waals surface area contributed by atoms with Gasteiger partial charge in [-0.05, 0) is 102 Å². The number of nitriles is 1. The molecule has 9 rings (SSSR count). The maximum absolute atomic E-state index is 9.65. The molecule has 0 aromatic heterocycles. The van der Waals surface area contributed by atoms with Crippen molar-refractivity contribution in [2.75, 3.05) is 4.90 Å². The van der Waals surface area contributed by atoms with Gasteiger partial charge >= 0.3 is 0 Å². The molecule has 0 N–H and O–H groups in total. The smallest absolute Gasteiger partial charge is 0.179 e. The predicted molar refractivity (Wildman–Crippen MR) is 217 cm³/mol. The van der Waals surface area contributed by atoms with Crippen LogP contribution in [0.2, 0.25) is 0 Å². The van der Waals surface area contributed by atoms with Gasteiger partial charge in [0.15, 0.2) is 8.07 Å². The van der Waals surface area contributed by atoms with Crippen molar-refractivity contribution in [3.05, 3.63) is 199 Å². The third-order valence-corrected chi connectivity index (χ3v) is 15.8. The molecule has 8 aromatic carbocycles. The van der Waals surface area contributed by atoms with Crippen molar-refractivity contribution in [3.8, 4) is 6.07 Å². The molecule has 3 heteroatoms. The van der Waals surface area contributed by atoms with Gasteiger partial charge in [-0.25, -0.2) is 0 Å². The van der Waals surface area contributed by atoms with Crippen molar-refractivity contribution in [1.29, 1.82) is 5.26 Å². The van der Waals surface area contributed by atoms with Crippen molar-refractivity contribution in [2.24, 2.45) is 0 Å². The lowest BCUT2D eigenvalue weighted by molar-refractivity contribution is 0.663. The Morgan fingerprint density at radius 2 is 0.941 bits per heavy atom. The molecule has 0 spiro atoms. The van der Waals surface area contributed by atoms with Crippen LogP contribution in [0, 0.1) is 11.3 Å². The summed E-state index contributed by atoms with van der Waals surface area (Å²) in [5.74, 6) is 0. The minimum Gasteiger partial charge on any atom is -0.310 e.